The molecule has 0 N–H and O–H groups in total. The number of aromatic nitrogens is 3. The van der Waals surface area contributed by atoms with Crippen molar-refractivity contribution in [1.82, 2.24) is 19.9 Å². The number of pyridine rings is 1. The highest BCUT2D eigenvalue weighted by molar-refractivity contribution is 5.69. The molecule has 2 unspecified atom stereocenters. The van der Waals surface area contributed by atoms with Crippen molar-refractivity contribution in [1.29, 1.82) is 0 Å². The van der Waals surface area contributed by atoms with Gasteiger partial charge in [-0.1, -0.05) is 0 Å². The van der Waals surface area contributed by atoms with E-state index in [1.54, 1.807) is 32.2 Å². The van der Waals surface area contributed by atoms with Gasteiger partial charge in [0.05, 0.1) is 17.4 Å². The molecule has 1 aliphatic rings. The van der Waals surface area contributed by atoms with Crippen molar-refractivity contribution >= 4 is 6.09 Å². The number of carbonyl (C=O) groups excluding carboxylic acids is 1. The van der Waals surface area contributed by atoms with Crippen molar-refractivity contribution in [3.05, 3.63) is 35.9 Å². The minimum absolute atomic E-state index is 0.216. The first-order chi connectivity index (χ1) is 15.5. The Labute approximate surface area is 190 Å². The first-order valence-corrected chi connectivity index (χ1v) is 10.6. The number of hydrogen-bond acceptors (Lipinski definition) is 7. The average Bonchev–Trinajstić information content (AvgIpc) is 3.10. The summed E-state index contributed by atoms with van der Waals surface area (Å²) in [5.74, 6) is 1.22. The van der Waals surface area contributed by atoms with Crippen molar-refractivity contribution in [3.8, 4) is 17.5 Å². The van der Waals surface area contributed by atoms with Gasteiger partial charge in [-0.25, -0.2) is 14.8 Å². The summed E-state index contributed by atoms with van der Waals surface area (Å²) in [5, 5.41) is 0. The fourth-order valence-corrected chi connectivity index (χ4v) is 3.79. The van der Waals surface area contributed by atoms with Crippen molar-refractivity contribution in [3.63, 3.8) is 0 Å². The van der Waals surface area contributed by atoms with Crippen molar-refractivity contribution < 1.29 is 32.2 Å². The summed E-state index contributed by atoms with van der Waals surface area (Å²) < 4.78 is 53.6. The Hall–Kier alpha value is -3.11. The molecule has 0 bridgehead atoms. The summed E-state index contributed by atoms with van der Waals surface area (Å²) in [6.07, 6.45) is -1.18. The first-order valence-electron chi connectivity index (χ1n) is 10.6. The second-order valence-electron chi connectivity index (χ2n) is 8.12. The molecular formula is C22H27F3N4O4. The van der Waals surface area contributed by atoms with Gasteiger partial charge in [-0.3, -0.25) is 4.98 Å². The Morgan fingerprint density at radius 1 is 1.21 bits per heavy atom. The molecule has 0 spiro atoms. The lowest BCUT2D eigenvalue weighted by Crippen LogP contribution is -2.43. The van der Waals surface area contributed by atoms with Crippen LogP contribution in [0.1, 0.15) is 44.4 Å². The summed E-state index contributed by atoms with van der Waals surface area (Å²) in [6.45, 7) is 5.59. The van der Waals surface area contributed by atoms with E-state index < -0.39 is 18.9 Å². The predicted octanol–water partition coefficient (Wildman–Crippen LogP) is 4.99. The van der Waals surface area contributed by atoms with E-state index in [4.69, 9.17) is 9.47 Å². The maximum Gasteiger partial charge on any atom is 0.422 e. The van der Waals surface area contributed by atoms with Crippen LogP contribution in [0.15, 0.2) is 24.7 Å². The summed E-state index contributed by atoms with van der Waals surface area (Å²) in [4.78, 5) is 26.2. The van der Waals surface area contributed by atoms with Crippen LogP contribution in [0.3, 0.4) is 0 Å². The van der Waals surface area contributed by atoms with Crippen LogP contribution in [0.25, 0.3) is 0 Å². The van der Waals surface area contributed by atoms with E-state index in [1.165, 1.54) is 11.2 Å². The van der Waals surface area contributed by atoms with Crippen LogP contribution in [0.4, 0.5) is 18.0 Å². The topological polar surface area (TPSA) is 86.7 Å². The van der Waals surface area contributed by atoms with Gasteiger partial charge in [-0.2, -0.15) is 13.2 Å². The minimum atomic E-state index is -4.57. The third-order valence-electron chi connectivity index (χ3n) is 5.43. The molecule has 0 saturated carbocycles. The zero-order valence-electron chi connectivity index (χ0n) is 18.9. The lowest BCUT2D eigenvalue weighted by atomic mass is 10.1. The third-order valence-corrected chi connectivity index (χ3v) is 5.43. The molecule has 0 aromatic carbocycles. The summed E-state index contributed by atoms with van der Waals surface area (Å²) >= 11 is 0. The number of alkyl halides is 3. The zero-order chi connectivity index (χ0) is 24.2. The Morgan fingerprint density at radius 2 is 1.94 bits per heavy atom. The maximum atomic E-state index is 12.4. The van der Waals surface area contributed by atoms with E-state index in [0.29, 0.717) is 48.0 Å². The van der Waals surface area contributed by atoms with Gasteiger partial charge in [-0.15, -0.1) is 0 Å². The van der Waals surface area contributed by atoms with E-state index in [0.717, 1.165) is 0 Å². The fraction of sp³-hybridized carbons (Fsp3) is 0.545. The lowest BCUT2D eigenvalue weighted by Gasteiger charge is -2.29. The average molecular weight is 468 g/mol. The quantitative estimate of drug-likeness (QED) is 0.566. The van der Waals surface area contributed by atoms with Gasteiger partial charge in [0.2, 0.25) is 11.8 Å². The third kappa shape index (κ3) is 6.45. The van der Waals surface area contributed by atoms with Crippen LogP contribution in [-0.2, 0) is 4.74 Å². The number of amides is 1. The van der Waals surface area contributed by atoms with Gasteiger partial charge in [0.15, 0.2) is 12.4 Å². The number of halogens is 3. The number of rotatable bonds is 7. The fourth-order valence-electron chi connectivity index (χ4n) is 3.79. The Kier molecular flexibility index (Phi) is 7.60. The monoisotopic (exact) mass is 468 g/mol. The van der Waals surface area contributed by atoms with Gasteiger partial charge in [0.25, 0.3) is 0 Å². The number of ether oxygens (including phenoxy) is 3. The van der Waals surface area contributed by atoms with Gasteiger partial charge in [0.1, 0.15) is 6.33 Å². The summed E-state index contributed by atoms with van der Waals surface area (Å²) in [6, 6.07) is 3.02. The van der Waals surface area contributed by atoms with E-state index in [-0.39, 0.29) is 18.2 Å². The molecule has 11 heteroatoms. The zero-order valence-corrected chi connectivity index (χ0v) is 18.9. The smallest absolute Gasteiger partial charge is 0.422 e. The van der Waals surface area contributed by atoms with Crippen LogP contribution >= 0.6 is 0 Å². The van der Waals surface area contributed by atoms with E-state index in [1.807, 2.05) is 13.8 Å². The maximum absolute atomic E-state index is 12.4. The molecule has 2 aromatic heterocycles. The van der Waals surface area contributed by atoms with E-state index >= 15 is 0 Å². The number of aryl methyl sites for hydroxylation is 1. The Morgan fingerprint density at radius 3 is 2.64 bits per heavy atom. The SMILES string of the molecule is Cc1ncccc1Oc1ncnc(O[C@@H](C)CC2CCC(C)N2C(=O)OCC(F)(F)F)c1C. The van der Waals surface area contributed by atoms with Crippen LogP contribution < -0.4 is 9.47 Å². The molecule has 1 saturated heterocycles. The van der Waals surface area contributed by atoms with Crippen molar-refractivity contribution in [2.75, 3.05) is 6.61 Å². The van der Waals surface area contributed by atoms with Crippen LogP contribution in [0.5, 0.6) is 17.5 Å². The van der Waals surface area contributed by atoms with Gasteiger partial charge in [-0.05, 0) is 52.7 Å². The molecule has 0 aliphatic carbocycles. The Balaban J connectivity index is 1.64. The predicted molar refractivity (Wildman–Crippen MR) is 112 cm³/mol. The molecule has 0 radical (unpaired) electrons. The van der Waals surface area contributed by atoms with Gasteiger partial charge >= 0.3 is 12.3 Å². The van der Waals surface area contributed by atoms with Gasteiger partial charge in [0, 0.05) is 24.7 Å². The van der Waals surface area contributed by atoms with Crippen molar-refractivity contribution in [2.24, 2.45) is 0 Å². The molecule has 1 aliphatic heterocycles. The first kappa shape index (κ1) is 24.5. The standard InChI is InChI=1S/C22H27F3N4O4/c1-13-7-8-17(29(13)21(30)31-11-22(23,24)25)10-14(2)32-19-15(3)20(28-12-27-19)33-18-6-5-9-26-16(18)4/h5-6,9,12-14,17H,7-8,10-11H2,1-4H3/t13?,14-,17?/m0/s1. The Bertz CT molecular complexity index is 973. The molecule has 33 heavy (non-hydrogen) atoms. The molecule has 1 fully saturated rings. The highest BCUT2D eigenvalue weighted by Crippen LogP contribution is 2.32. The molecule has 3 rings (SSSR count). The van der Waals surface area contributed by atoms with E-state index in [9.17, 15) is 18.0 Å². The van der Waals surface area contributed by atoms with Gasteiger partial charge < -0.3 is 19.1 Å². The number of hydrogen-bond donors (Lipinski definition) is 0. The van der Waals surface area contributed by atoms with Crippen LogP contribution in [0, 0.1) is 13.8 Å². The molecule has 180 valence electrons. The number of likely N-dealkylation sites (tertiary alicyclic amines) is 1. The molecule has 2 aromatic rings. The minimum Gasteiger partial charge on any atom is -0.474 e. The number of nitrogens with zero attached hydrogens (tertiary/aromatic N) is 4. The molecule has 1 amide bonds. The summed E-state index contributed by atoms with van der Waals surface area (Å²) in [5.41, 5.74) is 1.30. The molecular weight excluding hydrogens is 441 g/mol. The van der Waals surface area contributed by atoms with Crippen LogP contribution in [-0.4, -0.2) is 56.9 Å². The number of carbonyl (C=O) groups is 1. The summed E-state index contributed by atoms with van der Waals surface area (Å²) in [7, 11) is 0. The molecule has 8 nitrogen and oxygen atoms in total. The molecule has 3 atom stereocenters. The van der Waals surface area contributed by atoms with Crippen molar-refractivity contribution in [2.45, 2.75) is 71.3 Å². The van der Waals surface area contributed by atoms with E-state index in [2.05, 4.69) is 19.7 Å². The largest absolute Gasteiger partial charge is 0.474 e. The second kappa shape index (κ2) is 10.2. The molecule has 3 heterocycles. The highest BCUT2D eigenvalue weighted by atomic mass is 19.4. The van der Waals surface area contributed by atoms with Crippen LogP contribution in [0.2, 0.25) is 0 Å². The highest BCUT2D eigenvalue weighted by Gasteiger charge is 2.38. The lowest BCUT2D eigenvalue weighted by molar-refractivity contribution is -0.163. The normalized spacial score (nSPS) is 19.3. The second-order valence-corrected chi connectivity index (χ2v) is 8.12.